The number of fused-ring (bicyclic) bond motifs is 1. The van der Waals surface area contributed by atoms with E-state index in [1.165, 1.54) is 49.7 Å². The number of nitrogens with zero attached hydrogens (tertiary/aromatic N) is 4. The molecule has 0 unspecified atom stereocenters. The first-order valence-electron chi connectivity index (χ1n) is 9.04. The third-order valence-electron chi connectivity index (χ3n) is 4.45. The van der Waals surface area contributed by atoms with Gasteiger partial charge in [-0.15, -0.1) is 27.8 Å². The van der Waals surface area contributed by atoms with Crippen LogP contribution in [0, 0.1) is 0 Å². The van der Waals surface area contributed by atoms with Crippen molar-refractivity contribution in [2.75, 3.05) is 20.6 Å². The number of benzene rings is 1. The van der Waals surface area contributed by atoms with Crippen molar-refractivity contribution in [1.29, 1.82) is 0 Å². The fourth-order valence-electron chi connectivity index (χ4n) is 2.80. The Labute approximate surface area is 181 Å². The molecule has 0 aliphatic heterocycles. The van der Waals surface area contributed by atoms with Crippen LogP contribution in [0.5, 0.6) is 0 Å². The van der Waals surface area contributed by atoms with E-state index in [9.17, 15) is 13.2 Å². The standard InChI is InChI=1S/C19H19N5O3S3/c1-23(2)30(26,27)15-7-5-13(6-8-15)18(25)20-10-9-14-12-29-19-21-17(22-24(14)19)16-4-3-11-28-16/h3-8,11-12H,9-10H2,1-2H3,(H,20,25). The molecule has 0 aliphatic carbocycles. The van der Waals surface area contributed by atoms with E-state index in [1.807, 2.05) is 27.4 Å². The molecule has 0 bridgehead atoms. The minimum Gasteiger partial charge on any atom is -0.352 e. The Hall–Kier alpha value is -2.60. The Morgan fingerprint density at radius 2 is 1.93 bits per heavy atom. The van der Waals surface area contributed by atoms with Gasteiger partial charge in [0.1, 0.15) is 0 Å². The van der Waals surface area contributed by atoms with Gasteiger partial charge in [0.2, 0.25) is 15.0 Å². The largest absolute Gasteiger partial charge is 0.352 e. The first kappa shape index (κ1) is 20.7. The molecule has 0 aliphatic rings. The van der Waals surface area contributed by atoms with Crippen molar-refractivity contribution in [3.05, 3.63) is 58.4 Å². The molecular formula is C19H19N5O3S3. The van der Waals surface area contributed by atoms with Gasteiger partial charge in [0.05, 0.1) is 15.5 Å². The first-order chi connectivity index (χ1) is 14.4. The number of thiazole rings is 1. The minimum absolute atomic E-state index is 0.150. The summed E-state index contributed by atoms with van der Waals surface area (Å²) in [6.07, 6.45) is 0.603. The molecule has 156 valence electrons. The number of sulfonamides is 1. The normalized spacial score (nSPS) is 12.0. The smallest absolute Gasteiger partial charge is 0.251 e. The zero-order valence-corrected chi connectivity index (χ0v) is 18.7. The molecule has 0 saturated carbocycles. The molecule has 0 spiro atoms. The Morgan fingerprint density at radius 1 is 1.17 bits per heavy atom. The lowest BCUT2D eigenvalue weighted by atomic mass is 10.2. The van der Waals surface area contributed by atoms with E-state index in [0.717, 1.165) is 19.8 Å². The predicted octanol–water partition coefficient (Wildman–Crippen LogP) is 2.74. The molecule has 11 heteroatoms. The molecule has 0 atom stereocenters. The number of hydrogen-bond donors (Lipinski definition) is 1. The highest BCUT2D eigenvalue weighted by Gasteiger charge is 2.17. The zero-order chi connectivity index (χ0) is 21.3. The van der Waals surface area contributed by atoms with Crippen LogP contribution in [0.15, 0.2) is 52.1 Å². The second-order valence-electron chi connectivity index (χ2n) is 6.65. The second-order valence-corrected chi connectivity index (χ2v) is 10.6. The van der Waals surface area contributed by atoms with Crippen molar-refractivity contribution in [1.82, 2.24) is 24.2 Å². The van der Waals surface area contributed by atoms with Crippen molar-refractivity contribution in [3.8, 4) is 10.7 Å². The summed E-state index contributed by atoms with van der Waals surface area (Å²) in [6, 6.07) is 9.86. The molecule has 4 rings (SSSR count). The Bertz CT molecular complexity index is 1270. The van der Waals surface area contributed by atoms with E-state index in [-0.39, 0.29) is 10.8 Å². The van der Waals surface area contributed by atoms with E-state index in [0.29, 0.717) is 24.4 Å². The summed E-state index contributed by atoms with van der Waals surface area (Å²) in [5.41, 5.74) is 1.38. The predicted molar refractivity (Wildman–Crippen MR) is 118 cm³/mol. The second kappa shape index (κ2) is 8.26. The summed E-state index contributed by atoms with van der Waals surface area (Å²) in [6.45, 7) is 0.427. The maximum Gasteiger partial charge on any atom is 0.251 e. The van der Waals surface area contributed by atoms with Gasteiger partial charge in [0.15, 0.2) is 5.82 Å². The van der Waals surface area contributed by atoms with Crippen molar-refractivity contribution < 1.29 is 13.2 Å². The highest BCUT2D eigenvalue weighted by Crippen LogP contribution is 2.24. The summed E-state index contributed by atoms with van der Waals surface area (Å²) in [5, 5.41) is 11.4. The molecule has 0 saturated heterocycles. The number of aromatic nitrogens is 3. The van der Waals surface area contributed by atoms with Gasteiger partial charge in [-0.25, -0.2) is 17.2 Å². The average Bonchev–Trinajstić information content (AvgIpc) is 3.46. The van der Waals surface area contributed by atoms with Gasteiger partial charge < -0.3 is 5.32 Å². The van der Waals surface area contributed by atoms with Crippen LogP contribution in [0.3, 0.4) is 0 Å². The van der Waals surface area contributed by atoms with E-state index in [2.05, 4.69) is 15.4 Å². The molecule has 1 N–H and O–H groups in total. The van der Waals surface area contributed by atoms with Crippen LogP contribution < -0.4 is 5.32 Å². The highest BCUT2D eigenvalue weighted by atomic mass is 32.2. The van der Waals surface area contributed by atoms with Crippen molar-refractivity contribution >= 4 is 43.6 Å². The summed E-state index contributed by atoms with van der Waals surface area (Å²) in [7, 11) is -0.577. The average molecular weight is 462 g/mol. The third-order valence-corrected chi connectivity index (χ3v) is 8.01. The zero-order valence-electron chi connectivity index (χ0n) is 16.3. The molecule has 4 aromatic rings. The maximum absolute atomic E-state index is 12.4. The van der Waals surface area contributed by atoms with Crippen LogP contribution in [-0.2, 0) is 16.4 Å². The lowest BCUT2D eigenvalue weighted by molar-refractivity contribution is 0.0954. The van der Waals surface area contributed by atoms with Gasteiger partial charge in [0, 0.05) is 38.0 Å². The molecular weight excluding hydrogens is 442 g/mol. The van der Waals surface area contributed by atoms with E-state index in [1.54, 1.807) is 11.3 Å². The molecule has 1 aromatic carbocycles. The van der Waals surface area contributed by atoms with Crippen LogP contribution >= 0.6 is 22.7 Å². The van der Waals surface area contributed by atoms with Gasteiger partial charge in [-0.3, -0.25) is 4.79 Å². The first-order valence-corrected chi connectivity index (χ1v) is 12.2. The molecule has 0 fully saturated rings. The summed E-state index contributed by atoms with van der Waals surface area (Å²) < 4.78 is 27.2. The van der Waals surface area contributed by atoms with Gasteiger partial charge in [-0.1, -0.05) is 6.07 Å². The summed E-state index contributed by atoms with van der Waals surface area (Å²) >= 11 is 3.11. The van der Waals surface area contributed by atoms with Gasteiger partial charge in [0.25, 0.3) is 5.91 Å². The van der Waals surface area contributed by atoms with Crippen molar-refractivity contribution in [3.63, 3.8) is 0 Å². The molecule has 3 heterocycles. The summed E-state index contributed by atoms with van der Waals surface area (Å²) in [5.74, 6) is 0.447. The fraction of sp³-hybridized carbons (Fsp3) is 0.211. The Balaban J connectivity index is 1.39. The topological polar surface area (TPSA) is 96.7 Å². The van der Waals surface area contributed by atoms with Crippen LogP contribution in [0.1, 0.15) is 16.1 Å². The van der Waals surface area contributed by atoms with Crippen LogP contribution in [0.2, 0.25) is 0 Å². The molecule has 8 nitrogen and oxygen atoms in total. The summed E-state index contributed by atoms with van der Waals surface area (Å²) in [4.78, 5) is 18.9. The number of amides is 1. The van der Waals surface area contributed by atoms with E-state index < -0.39 is 10.0 Å². The molecule has 1 amide bonds. The van der Waals surface area contributed by atoms with Gasteiger partial charge >= 0.3 is 0 Å². The van der Waals surface area contributed by atoms with Gasteiger partial charge in [-0.2, -0.15) is 4.98 Å². The maximum atomic E-state index is 12.4. The van der Waals surface area contributed by atoms with Gasteiger partial charge in [-0.05, 0) is 35.7 Å². The molecule has 0 radical (unpaired) electrons. The number of nitrogens with one attached hydrogen (secondary N) is 1. The van der Waals surface area contributed by atoms with Crippen molar-refractivity contribution in [2.24, 2.45) is 0 Å². The highest BCUT2D eigenvalue weighted by molar-refractivity contribution is 7.89. The quantitative estimate of drug-likeness (QED) is 0.456. The Kier molecular flexibility index (Phi) is 5.69. The van der Waals surface area contributed by atoms with Crippen LogP contribution in [-0.4, -0.2) is 53.9 Å². The lowest BCUT2D eigenvalue weighted by Crippen LogP contribution is -2.26. The monoisotopic (exact) mass is 461 g/mol. The third kappa shape index (κ3) is 4.01. The number of carbonyl (C=O) groups excluding carboxylic acids is 1. The van der Waals surface area contributed by atoms with Crippen LogP contribution in [0.4, 0.5) is 0 Å². The SMILES string of the molecule is CN(C)S(=O)(=O)c1ccc(C(=O)NCCc2csc3nc(-c4cccs4)nn23)cc1. The number of rotatable bonds is 7. The molecule has 3 aromatic heterocycles. The number of hydrogen-bond acceptors (Lipinski definition) is 7. The lowest BCUT2D eigenvalue weighted by Gasteiger charge is -2.11. The van der Waals surface area contributed by atoms with E-state index >= 15 is 0 Å². The number of thiophene rings is 1. The Morgan fingerprint density at radius 3 is 2.60 bits per heavy atom. The van der Waals surface area contributed by atoms with Crippen LogP contribution in [0.25, 0.3) is 15.7 Å². The minimum atomic E-state index is -3.51. The number of carbonyl (C=O) groups is 1. The fourth-order valence-corrected chi connectivity index (χ4v) is 5.21. The molecule has 30 heavy (non-hydrogen) atoms. The van der Waals surface area contributed by atoms with E-state index in [4.69, 9.17) is 0 Å². The van der Waals surface area contributed by atoms with Crippen molar-refractivity contribution in [2.45, 2.75) is 11.3 Å².